The van der Waals surface area contributed by atoms with Crippen LogP contribution in [0.4, 0.5) is 4.39 Å². The monoisotopic (exact) mass is 408 g/mol. The zero-order valence-corrected chi connectivity index (χ0v) is 16.5. The van der Waals surface area contributed by atoms with Crippen LogP contribution in [0.5, 0.6) is 0 Å². The fraction of sp³-hybridized carbons (Fsp3) is 0.217. The van der Waals surface area contributed by atoms with Crippen molar-refractivity contribution in [3.05, 3.63) is 83.0 Å². The van der Waals surface area contributed by atoms with Gasteiger partial charge in [0.1, 0.15) is 11.9 Å². The number of thiophene rings is 1. The zero-order chi connectivity index (χ0) is 20.2. The van der Waals surface area contributed by atoms with Crippen LogP contribution in [0.25, 0.3) is 10.4 Å². The van der Waals surface area contributed by atoms with Gasteiger partial charge in [0.25, 0.3) is 5.91 Å². The van der Waals surface area contributed by atoms with Crippen molar-refractivity contribution in [3.63, 3.8) is 0 Å². The van der Waals surface area contributed by atoms with Crippen molar-refractivity contribution >= 4 is 23.2 Å². The second-order valence-corrected chi connectivity index (χ2v) is 8.25. The number of carbonyl (C=O) groups excluding carboxylic acids is 2. The van der Waals surface area contributed by atoms with Crippen LogP contribution in [-0.2, 0) is 11.2 Å². The number of hydrogen-bond acceptors (Lipinski definition) is 3. The molecule has 2 N–H and O–H groups in total. The molecule has 4 rings (SSSR count). The Morgan fingerprint density at radius 3 is 2.41 bits per heavy atom. The SMILES string of the molecule is O=C(NC(Cc1ccccc1)C(=O)NC1CC1)c1ccc(-c2ccc(F)cc2)s1. The Bertz CT molecular complexity index is 997. The van der Waals surface area contributed by atoms with E-state index < -0.39 is 6.04 Å². The van der Waals surface area contributed by atoms with E-state index in [1.54, 1.807) is 18.2 Å². The number of amides is 2. The van der Waals surface area contributed by atoms with Crippen LogP contribution in [0.2, 0.25) is 0 Å². The Balaban J connectivity index is 1.48. The van der Waals surface area contributed by atoms with Gasteiger partial charge in [-0.25, -0.2) is 4.39 Å². The highest BCUT2D eigenvalue weighted by Crippen LogP contribution is 2.28. The molecule has 0 radical (unpaired) electrons. The van der Waals surface area contributed by atoms with E-state index in [1.165, 1.54) is 23.5 Å². The molecule has 1 fully saturated rings. The summed E-state index contributed by atoms with van der Waals surface area (Å²) in [5.41, 5.74) is 1.84. The third-order valence-corrected chi connectivity index (χ3v) is 5.92. The summed E-state index contributed by atoms with van der Waals surface area (Å²) in [7, 11) is 0. The molecule has 1 aromatic heterocycles. The van der Waals surface area contributed by atoms with E-state index in [1.807, 2.05) is 36.4 Å². The molecule has 4 nitrogen and oxygen atoms in total. The van der Waals surface area contributed by atoms with Gasteiger partial charge in [-0.3, -0.25) is 9.59 Å². The lowest BCUT2D eigenvalue weighted by Crippen LogP contribution is -2.48. The normalized spacial score (nSPS) is 14.2. The molecule has 1 heterocycles. The van der Waals surface area contributed by atoms with Crippen LogP contribution < -0.4 is 10.6 Å². The van der Waals surface area contributed by atoms with Crippen LogP contribution in [-0.4, -0.2) is 23.9 Å². The summed E-state index contributed by atoms with van der Waals surface area (Å²) in [4.78, 5) is 26.9. The summed E-state index contributed by atoms with van der Waals surface area (Å²) in [6.45, 7) is 0. The lowest BCUT2D eigenvalue weighted by Gasteiger charge is -2.18. The standard InChI is InChI=1S/C23H21FN2O2S/c24-17-8-6-16(7-9-17)20-12-13-21(29-20)23(28)26-19(22(27)25-18-10-11-18)14-15-4-2-1-3-5-15/h1-9,12-13,18-19H,10-11,14H2,(H,25,27)(H,26,28). The maximum atomic E-state index is 13.1. The van der Waals surface area contributed by atoms with Crippen molar-refractivity contribution in [3.8, 4) is 10.4 Å². The fourth-order valence-electron chi connectivity index (χ4n) is 3.05. The first-order valence-electron chi connectivity index (χ1n) is 9.59. The largest absolute Gasteiger partial charge is 0.352 e. The van der Waals surface area contributed by atoms with Crippen molar-refractivity contribution in [1.82, 2.24) is 10.6 Å². The summed E-state index contributed by atoms with van der Waals surface area (Å²) < 4.78 is 13.1. The van der Waals surface area contributed by atoms with E-state index >= 15 is 0 Å². The van der Waals surface area contributed by atoms with Crippen LogP contribution >= 0.6 is 11.3 Å². The average Bonchev–Trinajstić information content (AvgIpc) is 3.40. The Morgan fingerprint density at radius 1 is 1.00 bits per heavy atom. The predicted octanol–water partition coefficient (Wildman–Crippen LogP) is 4.17. The minimum atomic E-state index is -0.637. The zero-order valence-electron chi connectivity index (χ0n) is 15.7. The molecule has 1 saturated carbocycles. The first-order chi connectivity index (χ1) is 14.1. The van der Waals surface area contributed by atoms with Gasteiger partial charge in [0.05, 0.1) is 4.88 Å². The summed E-state index contributed by atoms with van der Waals surface area (Å²) in [5, 5.41) is 5.87. The van der Waals surface area contributed by atoms with E-state index in [-0.39, 0.29) is 23.7 Å². The molecule has 0 bridgehead atoms. The van der Waals surface area contributed by atoms with E-state index in [4.69, 9.17) is 0 Å². The summed E-state index contributed by atoms with van der Waals surface area (Å²) in [6.07, 6.45) is 2.41. The van der Waals surface area contributed by atoms with Crippen molar-refractivity contribution in [1.29, 1.82) is 0 Å². The van der Waals surface area contributed by atoms with E-state index in [9.17, 15) is 14.0 Å². The van der Waals surface area contributed by atoms with Crippen LogP contribution in [0.1, 0.15) is 28.1 Å². The quantitative estimate of drug-likeness (QED) is 0.616. The molecular weight excluding hydrogens is 387 g/mol. The summed E-state index contributed by atoms with van der Waals surface area (Å²) >= 11 is 1.32. The number of hydrogen-bond donors (Lipinski definition) is 2. The molecular formula is C23H21FN2O2S. The number of carbonyl (C=O) groups is 2. The highest BCUT2D eigenvalue weighted by atomic mass is 32.1. The van der Waals surface area contributed by atoms with E-state index in [0.717, 1.165) is 28.8 Å². The van der Waals surface area contributed by atoms with Crippen LogP contribution in [0.15, 0.2) is 66.7 Å². The maximum absolute atomic E-state index is 13.1. The number of benzene rings is 2. The van der Waals surface area contributed by atoms with Gasteiger partial charge in [0, 0.05) is 17.3 Å². The number of halogens is 1. The summed E-state index contributed by atoms with van der Waals surface area (Å²) in [6, 6.07) is 19.0. The highest BCUT2D eigenvalue weighted by Gasteiger charge is 2.29. The Morgan fingerprint density at radius 2 is 1.72 bits per heavy atom. The van der Waals surface area contributed by atoms with Gasteiger partial charge in [0.2, 0.25) is 5.91 Å². The molecule has 1 aliphatic rings. The van der Waals surface area contributed by atoms with Crippen LogP contribution in [0, 0.1) is 5.82 Å². The molecule has 2 amide bonds. The molecule has 2 aromatic carbocycles. The van der Waals surface area contributed by atoms with Crippen molar-refractivity contribution < 1.29 is 14.0 Å². The van der Waals surface area contributed by atoms with Gasteiger partial charge in [-0.1, -0.05) is 42.5 Å². The van der Waals surface area contributed by atoms with Gasteiger partial charge >= 0.3 is 0 Å². The van der Waals surface area contributed by atoms with Crippen LogP contribution in [0.3, 0.4) is 0 Å². The minimum Gasteiger partial charge on any atom is -0.352 e. The van der Waals surface area contributed by atoms with Gasteiger partial charge in [-0.15, -0.1) is 11.3 Å². The molecule has 1 atom stereocenters. The first kappa shape index (κ1) is 19.3. The Kier molecular flexibility index (Phi) is 5.71. The maximum Gasteiger partial charge on any atom is 0.262 e. The number of nitrogens with one attached hydrogen (secondary N) is 2. The van der Waals surface area contributed by atoms with E-state index in [0.29, 0.717) is 11.3 Å². The molecule has 1 aliphatic carbocycles. The molecule has 3 aromatic rings. The fourth-order valence-corrected chi connectivity index (χ4v) is 3.96. The third-order valence-electron chi connectivity index (χ3n) is 4.79. The lowest BCUT2D eigenvalue weighted by molar-refractivity contribution is -0.123. The molecule has 6 heteroatoms. The highest BCUT2D eigenvalue weighted by molar-refractivity contribution is 7.17. The Hall–Kier alpha value is -2.99. The smallest absolute Gasteiger partial charge is 0.262 e. The van der Waals surface area contributed by atoms with Gasteiger partial charge in [-0.2, -0.15) is 0 Å². The van der Waals surface area contributed by atoms with Crippen molar-refractivity contribution in [2.24, 2.45) is 0 Å². The third kappa shape index (κ3) is 5.09. The first-order valence-corrected chi connectivity index (χ1v) is 10.4. The minimum absolute atomic E-state index is 0.153. The van der Waals surface area contributed by atoms with Crippen molar-refractivity contribution in [2.45, 2.75) is 31.3 Å². The molecule has 0 saturated heterocycles. The van der Waals surface area contributed by atoms with Crippen molar-refractivity contribution in [2.75, 3.05) is 0 Å². The molecule has 1 unspecified atom stereocenters. The molecule has 29 heavy (non-hydrogen) atoms. The molecule has 148 valence electrons. The van der Waals surface area contributed by atoms with Gasteiger partial charge in [-0.05, 0) is 48.2 Å². The predicted molar refractivity (Wildman–Crippen MR) is 112 cm³/mol. The second-order valence-electron chi connectivity index (χ2n) is 7.17. The Labute approximate surface area is 172 Å². The lowest BCUT2D eigenvalue weighted by atomic mass is 10.1. The average molecular weight is 408 g/mol. The van der Waals surface area contributed by atoms with E-state index in [2.05, 4.69) is 10.6 Å². The van der Waals surface area contributed by atoms with Gasteiger partial charge < -0.3 is 10.6 Å². The summed E-state index contributed by atoms with van der Waals surface area (Å²) in [5.74, 6) is -0.732. The van der Waals surface area contributed by atoms with Gasteiger partial charge in [0.15, 0.2) is 0 Å². The molecule has 0 spiro atoms. The second kappa shape index (κ2) is 8.57. The molecule has 0 aliphatic heterocycles. The topological polar surface area (TPSA) is 58.2 Å². The number of rotatable bonds is 7.